The molecule has 0 atom stereocenters. The lowest BCUT2D eigenvalue weighted by atomic mass is 10.2. The van der Waals surface area contributed by atoms with Gasteiger partial charge < -0.3 is 19.5 Å². The largest absolute Gasteiger partial charge is 0.370 e. The molecule has 7 heteroatoms. The highest BCUT2D eigenvalue weighted by atomic mass is 32.1. The van der Waals surface area contributed by atoms with E-state index in [2.05, 4.69) is 54.2 Å². The van der Waals surface area contributed by atoms with E-state index in [0.717, 1.165) is 51.5 Å². The summed E-state index contributed by atoms with van der Waals surface area (Å²) in [6.45, 7) is 15.5. The smallest absolute Gasteiger partial charge is 0.187 e. The van der Waals surface area contributed by atoms with Crippen LogP contribution in [0, 0.1) is 19.8 Å². The Morgan fingerprint density at radius 2 is 2.12 bits per heavy atom. The zero-order valence-electron chi connectivity index (χ0n) is 15.9. The molecule has 0 bridgehead atoms. The van der Waals surface area contributed by atoms with Gasteiger partial charge in [0.05, 0.1) is 32.5 Å². The molecule has 3 N–H and O–H groups in total. The maximum Gasteiger partial charge on any atom is 0.187 e. The molecule has 0 saturated carbocycles. The minimum atomic E-state index is 0.569. The Morgan fingerprint density at radius 3 is 2.80 bits per heavy atom. The minimum Gasteiger partial charge on any atom is -0.370 e. The number of nitrogens with one attached hydrogen (secondary N) is 3. The molecule has 0 spiro atoms. The number of hydrogen-bond donors (Lipinski definition) is 3. The highest BCUT2D eigenvalue weighted by Gasteiger charge is 2.13. The summed E-state index contributed by atoms with van der Waals surface area (Å²) in [6.07, 6.45) is 1.85. The van der Waals surface area contributed by atoms with Crippen LogP contribution in [-0.2, 0) is 11.3 Å². The highest BCUT2D eigenvalue weighted by molar-refractivity contribution is 7.80. The number of nitrogens with zero attached hydrogens (tertiary/aromatic N) is 2. The standard InChI is InChI=1S/C18H31N5OS/c1-14(2)13-23-15(3)11-17(16(23)4)12-20-21-18(25)19-5-6-22-7-9-24-10-8-22/h11-12,14H,5-10,13H2,1-4H3,(H2,19,21,25)/p+1/b20-12-. The van der Waals surface area contributed by atoms with Crippen LogP contribution in [0.5, 0.6) is 0 Å². The van der Waals surface area contributed by atoms with Crippen LogP contribution in [0.25, 0.3) is 0 Å². The summed E-state index contributed by atoms with van der Waals surface area (Å²) < 4.78 is 7.70. The highest BCUT2D eigenvalue weighted by Crippen LogP contribution is 2.15. The van der Waals surface area contributed by atoms with Crippen LogP contribution in [0.3, 0.4) is 0 Å². The summed E-state index contributed by atoms with van der Waals surface area (Å²) in [5.41, 5.74) is 6.55. The predicted octanol–water partition coefficient (Wildman–Crippen LogP) is 0.474. The first-order valence-corrected chi connectivity index (χ1v) is 9.53. The molecule has 1 fully saturated rings. The maximum absolute atomic E-state index is 5.36. The van der Waals surface area contributed by atoms with E-state index < -0.39 is 0 Å². The fourth-order valence-electron chi connectivity index (χ4n) is 3.07. The maximum atomic E-state index is 5.36. The van der Waals surface area contributed by atoms with Crippen molar-refractivity contribution in [1.82, 2.24) is 15.3 Å². The molecule has 2 heterocycles. The quantitative estimate of drug-likeness (QED) is 0.373. The second-order valence-corrected chi connectivity index (χ2v) is 7.48. The third-order valence-electron chi connectivity index (χ3n) is 4.49. The topological polar surface area (TPSA) is 55.0 Å². The van der Waals surface area contributed by atoms with Crippen LogP contribution >= 0.6 is 12.2 Å². The SMILES string of the molecule is Cc1cc(/C=N\NC(=S)NCC[NH+]2CCOCC2)c(C)n1CC(C)C. The Labute approximate surface area is 156 Å². The third-order valence-corrected chi connectivity index (χ3v) is 4.73. The molecule has 0 aromatic carbocycles. The fourth-order valence-corrected chi connectivity index (χ4v) is 3.22. The van der Waals surface area contributed by atoms with Crippen molar-refractivity contribution in [2.24, 2.45) is 11.0 Å². The summed E-state index contributed by atoms with van der Waals surface area (Å²) in [7, 11) is 0. The van der Waals surface area contributed by atoms with Crippen LogP contribution in [0.1, 0.15) is 30.8 Å². The summed E-state index contributed by atoms with van der Waals surface area (Å²) >= 11 is 5.28. The first kappa shape index (κ1) is 19.9. The van der Waals surface area contributed by atoms with Crippen molar-refractivity contribution in [1.29, 1.82) is 0 Å². The van der Waals surface area contributed by atoms with Crippen molar-refractivity contribution < 1.29 is 9.64 Å². The summed E-state index contributed by atoms with van der Waals surface area (Å²) in [6, 6.07) is 2.17. The van der Waals surface area contributed by atoms with Crippen LogP contribution in [0.2, 0.25) is 0 Å². The molecule has 6 nitrogen and oxygen atoms in total. The Balaban J connectivity index is 1.75. The van der Waals surface area contributed by atoms with E-state index >= 15 is 0 Å². The summed E-state index contributed by atoms with van der Waals surface area (Å²) in [5, 5.41) is 8.07. The predicted molar refractivity (Wildman–Crippen MR) is 106 cm³/mol. The van der Waals surface area contributed by atoms with E-state index in [-0.39, 0.29) is 0 Å². The molecular formula is C18H32N5OS+. The van der Waals surface area contributed by atoms with Gasteiger partial charge in [-0.25, -0.2) is 0 Å². The second-order valence-electron chi connectivity index (χ2n) is 7.07. The van der Waals surface area contributed by atoms with Crippen molar-refractivity contribution in [3.05, 3.63) is 23.0 Å². The number of aromatic nitrogens is 1. The average molecular weight is 367 g/mol. The van der Waals surface area contributed by atoms with Gasteiger partial charge in [0.1, 0.15) is 13.1 Å². The van der Waals surface area contributed by atoms with Crippen LogP contribution in [0.4, 0.5) is 0 Å². The molecule has 1 aromatic heterocycles. The molecule has 0 radical (unpaired) electrons. The Bertz CT molecular complexity index is 591. The lowest BCUT2D eigenvalue weighted by Gasteiger charge is -2.23. The van der Waals surface area contributed by atoms with Gasteiger partial charge >= 0.3 is 0 Å². The van der Waals surface area contributed by atoms with Gasteiger partial charge in [0.2, 0.25) is 0 Å². The lowest BCUT2D eigenvalue weighted by Crippen LogP contribution is -3.14. The molecule has 0 aliphatic carbocycles. The summed E-state index contributed by atoms with van der Waals surface area (Å²) in [5.74, 6) is 0.623. The second kappa shape index (κ2) is 9.89. The van der Waals surface area contributed by atoms with Crippen molar-refractivity contribution in [2.45, 2.75) is 34.2 Å². The molecule has 1 aliphatic rings. The van der Waals surface area contributed by atoms with E-state index in [0.29, 0.717) is 11.0 Å². The molecule has 0 amide bonds. The number of thiocarbonyl (C=S) groups is 1. The Morgan fingerprint density at radius 1 is 1.40 bits per heavy atom. The number of hydrazone groups is 1. The van der Waals surface area contributed by atoms with Crippen molar-refractivity contribution in [2.75, 3.05) is 39.4 Å². The van der Waals surface area contributed by atoms with Gasteiger partial charge in [-0.15, -0.1) is 0 Å². The number of ether oxygens (including phenoxy) is 1. The number of rotatable bonds is 7. The van der Waals surface area contributed by atoms with Crippen LogP contribution in [0.15, 0.2) is 11.2 Å². The molecule has 1 saturated heterocycles. The molecular weight excluding hydrogens is 334 g/mol. The van der Waals surface area contributed by atoms with Crippen LogP contribution in [-0.4, -0.2) is 55.3 Å². The first-order valence-electron chi connectivity index (χ1n) is 9.12. The Kier molecular flexibility index (Phi) is 7.87. The first-order chi connectivity index (χ1) is 12.0. The van der Waals surface area contributed by atoms with E-state index in [9.17, 15) is 0 Å². The number of aryl methyl sites for hydroxylation is 1. The third kappa shape index (κ3) is 6.41. The lowest BCUT2D eigenvalue weighted by molar-refractivity contribution is -0.906. The number of hydrogen-bond acceptors (Lipinski definition) is 3. The average Bonchev–Trinajstić information content (AvgIpc) is 2.83. The van der Waals surface area contributed by atoms with Crippen molar-refractivity contribution in [3.8, 4) is 0 Å². The van der Waals surface area contributed by atoms with Gasteiger partial charge in [-0.05, 0) is 38.0 Å². The number of quaternary nitrogens is 1. The molecule has 0 unspecified atom stereocenters. The zero-order valence-corrected chi connectivity index (χ0v) is 16.7. The fraction of sp³-hybridized carbons (Fsp3) is 0.667. The molecule has 1 aromatic rings. The van der Waals surface area contributed by atoms with E-state index in [4.69, 9.17) is 17.0 Å². The van der Waals surface area contributed by atoms with Gasteiger partial charge in [0, 0.05) is 23.5 Å². The summed E-state index contributed by atoms with van der Waals surface area (Å²) in [4.78, 5) is 1.56. The molecule has 1 aliphatic heterocycles. The monoisotopic (exact) mass is 366 g/mol. The molecule has 140 valence electrons. The van der Waals surface area contributed by atoms with Gasteiger partial charge in [-0.3, -0.25) is 5.43 Å². The van der Waals surface area contributed by atoms with Gasteiger partial charge in [0.25, 0.3) is 0 Å². The van der Waals surface area contributed by atoms with Gasteiger partial charge in [-0.1, -0.05) is 13.8 Å². The van der Waals surface area contributed by atoms with E-state index in [1.54, 1.807) is 4.90 Å². The van der Waals surface area contributed by atoms with E-state index in [1.807, 2.05) is 6.21 Å². The number of morpholine rings is 1. The van der Waals surface area contributed by atoms with E-state index in [1.165, 1.54) is 11.4 Å². The van der Waals surface area contributed by atoms with Gasteiger partial charge in [0.15, 0.2) is 5.11 Å². The Hall–Kier alpha value is -1.44. The zero-order chi connectivity index (χ0) is 18.2. The van der Waals surface area contributed by atoms with Crippen molar-refractivity contribution >= 4 is 23.5 Å². The molecule has 25 heavy (non-hydrogen) atoms. The minimum absolute atomic E-state index is 0.569. The molecule has 2 rings (SSSR count). The van der Waals surface area contributed by atoms with Gasteiger partial charge in [-0.2, -0.15) is 5.10 Å². The van der Waals surface area contributed by atoms with Crippen molar-refractivity contribution in [3.63, 3.8) is 0 Å². The van der Waals surface area contributed by atoms with Crippen LogP contribution < -0.4 is 15.6 Å². The normalized spacial score (nSPS) is 15.9.